The summed E-state index contributed by atoms with van der Waals surface area (Å²) in [6.45, 7) is 4.46. The van der Waals surface area contributed by atoms with Crippen LogP contribution in [0.25, 0.3) is 0 Å². The Kier molecular flexibility index (Phi) is 5.48. The van der Waals surface area contributed by atoms with E-state index in [1.165, 1.54) is 7.11 Å². The van der Waals surface area contributed by atoms with Crippen LogP contribution in [-0.2, 0) is 11.3 Å². The largest absolute Gasteiger partial charge is 0.453 e. The van der Waals surface area contributed by atoms with Gasteiger partial charge in [0, 0.05) is 19.1 Å². The molecule has 112 valence electrons. The first kappa shape index (κ1) is 15.4. The van der Waals surface area contributed by atoms with Gasteiger partial charge in [-0.3, -0.25) is 0 Å². The molecule has 1 aromatic heterocycles. The van der Waals surface area contributed by atoms with Gasteiger partial charge in [-0.15, -0.1) is 0 Å². The first-order valence-electron chi connectivity index (χ1n) is 6.90. The maximum absolute atomic E-state index is 11.4. The monoisotopic (exact) mass is 344 g/mol. The fourth-order valence-corrected chi connectivity index (χ4v) is 2.93. The quantitative estimate of drug-likeness (QED) is 0.912. The van der Waals surface area contributed by atoms with Crippen LogP contribution in [0.3, 0.4) is 0 Å². The molecule has 1 aliphatic heterocycles. The molecule has 0 spiro atoms. The van der Waals surface area contributed by atoms with Gasteiger partial charge < -0.3 is 19.4 Å². The molecule has 0 aliphatic carbocycles. The van der Waals surface area contributed by atoms with Crippen LogP contribution in [0.5, 0.6) is 0 Å². The second-order valence-electron chi connectivity index (χ2n) is 5.17. The van der Waals surface area contributed by atoms with Crippen molar-refractivity contribution in [3.8, 4) is 0 Å². The maximum atomic E-state index is 11.4. The highest BCUT2D eigenvalue weighted by molar-refractivity contribution is 9.10. The summed E-state index contributed by atoms with van der Waals surface area (Å²) in [6, 6.07) is 4.26. The fourth-order valence-electron chi connectivity index (χ4n) is 2.59. The smallest absolute Gasteiger partial charge is 0.409 e. The van der Waals surface area contributed by atoms with E-state index in [4.69, 9.17) is 9.15 Å². The van der Waals surface area contributed by atoms with Gasteiger partial charge in [0.25, 0.3) is 0 Å². The summed E-state index contributed by atoms with van der Waals surface area (Å²) in [5, 5.41) is 3.49. The molecule has 1 aliphatic rings. The van der Waals surface area contributed by atoms with E-state index in [-0.39, 0.29) is 6.09 Å². The maximum Gasteiger partial charge on any atom is 0.409 e. The number of carbonyl (C=O) groups excluding carboxylic acids is 1. The zero-order valence-corrected chi connectivity index (χ0v) is 13.5. The van der Waals surface area contributed by atoms with Crippen molar-refractivity contribution in [1.29, 1.82) is 0 Å². The van der Waals surface area contributed by atoms with Gasteiger partial charge in [0.05, 0.1) is 13.7 Å². The van der Waals surface area contributed by atoms with Crippen molar-refractivity contribution >= 4 is 22.0 Å². The van der Waals surface area contributed by atoms with Crippen LogP contribution in [0.2, 0.25) is 0 Å². The Hall–Kier alpha value is -1.01. The first-order valence-corrected chi connectivity index (χ1v) is 7.70. The number of likely N-dealkylation sites (tertiary alicyclic amines) is 1. The Morgan fingerprint density at radius 1 is 1.55 bits per heavy atom. The number of hydrogen-bond acceptors (Lipinski definition) is 4. The minimum atomic E-state index is -0.218. The van der Waals surface area contributed by atoms with E-state index in [2.05, 4.69) is 28.2 Å². The van der Waals surface area contributed by atoms with Crippen molar-refractivity contribution in [2.45, 2.75) is 32.4 Å². The van der Waals surface area contributed by atoms with Gasteiger partial charge >= 0.3 is 6.09 Å². The Morgan fingerprint density at radius 2 is 2.25 bits per heavy atom. The number of piperidine rings is 1. The SMILES string of the molecule is COC(=O)N1CCC([C@@H](C)NCc2ccc(Br)o2)CC1. The van der Waals surface area contributed by atoms with Gasteiger partial charge in [-0.25, -0.2) is 4.79 Å². The molecule has 0 radical (unpaired) electrons. The van der Waals surface area contributed by atoms with E-state index >= 15 is 0 Å². The molecule has 1 amide bonds. The number of nitrogens with one attached hydrogen (secondary N) is 1. The number of amides is 1. The standard InChI is InChI=1S/C14H21BrN2O3/c1-10(16-9-12-3-4-13(15)20-12)11-5-7-17(8-6-11)14(18)19-2/h3-4,10-11,16H,5-9H2,1-2H3/t10-/m1/s1. The van der Waals surface area contributed by atoms with Crippen LogP contribution in [0.1, 0.15) is 25.5 Å². The lowest BCUT2D eigenvalue weighted by Gasteiger charge is -2.34. The van der Waals surface area contributed by atoms with E-state index < -0.39 is 0 Å². The molecule has 1 fully saturated rings. The summed E-state index contributed by atoms with van der Waals surface area (Å²) in [4.78, 5) is 13.2. The lowest BCUT2D eigenvalue weighted by Crippen LogP contribution is -2.43. The average molecular weight is 345 g/mol. The van der Waals surface area contributed by atoms with Crippen molar-refractivity contribution in [2.24, 2.45) is 5.92 Å². The number of hydrogen-bond donors (Lipinski definition) is 1. The lowest BCUT2D eigenvalue weighted by molar-refractivity contribution is 0.101. The van der Waals surface area contributed by atoms with Crippen LogP contribution in [0, 0.1) is 5.92 Å². The molecule has 1 atom stereocenters. The molecular weight excluding hydrogens is 324 g/mol. The highest BCUT2D eigenvalue weighted by atomic mass is 79.9. The topological polar surface area (TPSA) is 54.7 Å². The highest BCUT2D eigenvalue weighted by Crippen LogP contribution is 2.21. The predicted octanol–water partition coefficient (Wildman–Crippen LogP) is 3.00. The Morgan fingerprint density at radius 3 is 2.80 bits per heavy atom. The molecule has 1 N–H and O–H groups in total. The van der Waals surface area contributed by atoms with Gasteiger partial charge in [0.15, 0.2) is 4.67 Å². The molecule has 2 heterocycles. The number of ether oxygens (including phenoxy) is 1. The zero-order chi connectivity index (χ0) is 14.5. The molecule has 1 saturated heterocycles. The number of methoxy groups -OCH3 is 1. The third-order valence-corrected chi connectivity index (χ3v) is 4.33. The van der Waals surface area contributed by atoms with Crippen LogP contribution < -0.4 is 5.32 Å². The van der Waals surface area contributed by atoms with Gasteiger partial charge in [0.2, 0.25) is 0 Å². The van der Waals surface area contributed by atoms with Crippen molar-refractivity contribution in [3.05, 3.63) is 22.6 Å². The molecule has 6 heteroatoms. The molecule has 0 saturated carbocycles. The molecule has 5 nitrogen and oxygen atoms in total. The summed E-state index contributed by atoms with van der Waals surface area (Å²) in [5.41, 5.74) is 0. The third kappa shape index (κ3) is 3.99. The summed E-state index contributed by atoms with van der Waals surface area (Å²) in [6.07, 6.45) is 1.79. The van der Waals surface area contributed by atoms with Crippen molar-refractivity contribution in [3.63, 3.8) is 0 Å². The van der Waals surface area contributed by atoms with Crippen molar-refractivity contribution in [2.75, 3.05) is 20.2 Å². The van der Waals surface area contributed by atoms with Gasteiger partial charge in [-0.1, -0.05) is 0 Å². The van der Waals surface area contributed by atoms with E-state index in [1.54, 1.807) is 4.90 Å². The van der Waals surface area contributed by atoms with Crippen LogP contribution in [-0.4, -0.2) is 37.2 Å². The number of carbonyl (C=O) groups is 1. The first-order chi connectivity index (χ1) is 9.60. The predicted molar refractivity (Wildman–Crippen MR) is 79.4 cm³/mol. The third-order valence-electron chi connectivity index (χ3n) is 3.91. The highest BCUT2D eigenvalue weighted by Gasteiger charge is 2.26. The van der Waals surface area contributed by atoms with Crippen molar-refractivity contribution < 1.29 is 13.9 Å². The Balaban J connectivity index is 1.74. The second kappa shape index (κ2) is 7.13. The fraction of sp³-hybridized carbons (Fsp3) is 0.643. The number of rotatable bonds is 4. The number of halogens is 1. The van der Waals surface area contributed by atoms with Crippen LogP contribution in [0.15, 0.2) is 21.2 Å². The number of furan rings is 1. The van der Waals surface area contributed by atoms with E-state index in [1.807, 2.05) is 12.1 Å². The summed E-state index contributed by atoms with van der Waals surface area (Å²) >= 11 is 3.30. The Labute approximate surface area is 127 Å². The zero-order valence-electron chi connectivity index (χ0n) is 11.9. The summed E-state index contributed by atoms with van der Waals surface area (Å²) in [5.74, 6) is 1.50. The van der Waals surface area contributed by atoms with E-state index in [0.29, 0.717) is 12.0 Å². The molecule has 2 rings (SSSR count). The summed E-state index contributed by atoms with van der Waals surface area (Å²) in [7, 11) is 1.43. The van der Waals surface area contributed by atoms with E-state index in [0.717, 1.165) is 42.9 Å². The molecule has 0 bridgehead atoms. The Bertz CT molecular complexity index is 441. The van der Waals surface area contributed by atoms with Gasteiger partial charge in [-0.05, 0) is 53.7 Å². The number of nitrogens with zero attached hydrogens (tertiary/aromatic N) is 1. The lowest BCUT2D eigenvalue weighted by atomic mass is 9.90. The summed E-state index contributed by atoms with van der Waals surface area (Å²) < 4.78 is 11.0. The van der Waals surface area contributed by atoms with Crippen molar-refractivity contribution in [1.82, 2.24) is 10.2 Å². The normalized spacial score (nSPS) is 18.1. The molecular formula is C14H21BrN2O3. The molecule has 0 unspecified atom stereocenters. The van der Waals surface area contributed by atoms with E-state index in [9.17, 15) is 4.79 Å². The minimum absolute atomic E-state index is 0.218. The van der Waals surface area contributed by atoms with Gasteiger partial charge in [-0.2, -0.15) is 0 Å². The molecule has 1 aromatic rings. The molecule has 0 aromatic carbocycles. The van der Waals surface area contributed by atoms with Crippen LogP contribution >= 0.6 is 15.9 Å². The average Bonchev–Trinajstić information content (AvgIpc) is 2.89. The minimum Gasteiger partial charge on any atom is -0.453 e. The van der Waals surface area contributed by atoms with Crippen LogP contribution in [0.4, 0.5) is 4.79 Å². The van der Waals surface area contributed by atoms with Gasteiger partial charge in [0.1, 0.15) is 5.76 Å². The second-order valence-corrected chi connectivity index (χ2v) is 5.95. The molecule has 20 heavy (non-hydrogen) atoms.